The summed E-state index contributed by atoms with van der Waals surface area (Å²) < 4.78 is 56.4. The van der Waals surface area contributed by atoms with Gasteiger partial charge in [0.1, 0.15) is 18.0 Å². The Bertz CT molecular complexity index is 3010. The van der Waals surface area contributed by atoms with E-state index in [1.165, 1.54) is 54.9 Å². The topological polar surface area (TPSA) is 189 Å². The Labute approximate surface area is 328 Å². The fourth-order valence-corrected chi connectivity index (χ4v) is 6.95. The van der Waals surface area contributed by atoms with Gasteiger partial charge in [-0.2, -0.15) is 15.1 Å². The number of nitrogens with one attached hydrogen (secondary N) is 4. The molecule has 0 saturated heterocycles. The fourth-order valence-electron chi connectivity index (χ4n) is 5.96. The number of H-pyrrole nitrogens is 1. The number of benzene rings is 4. The molecule has 15 nitrogen and oxygen atoms in total. The van der Waals surface area contributed by atoms with Gasteiger partial charge in [-0.05, 0) is 108 Å². The first kappa shape index (κ1) is 37.1. The molecule has 18 heteroatoms. The Kier molecular flexibility index (Phi) is 10.0. The van der Waals surface area contributed by atoms with Crippen molar-refractivity contribution in [1.29, 1.82) is 0 Å². The number of pyridine rings is 2. The summed E-state index contributed by atoms with van der Waals surface area (Å²) in [7, 11) is -3.90. The third-order valence-corrected chi connectivity index (χ3v) is 9.97. The Hall–Kier alpha value is -7.86. The highest BCUT2D eigenvalue weighted by molar-refractivity contribution is 7.90. The summed E-state index contributed by atoms with van der Waals surface area (Å²) in [6.45, 7) is 1.13. The molecule has 0 unspecified atom stereocenters. The lowest BCUT2D eigenvalue weighted by Crippen LogP contribution is -2.28. The first-order valence-electron chi connectivity index (χ1n) is 17.4. The molecule has 4 aromatic carbocycles. The second-order valence-corrected chi connectivity index (χ2v) is 14.3. The minimum Gasteiger partial charge on any atom is -0.323 e. The number of aromatic amines is 1. The van der Waals surface area contributed by atoms with Gasteiger partial charge in [-0.25, -0.2) is 35.9 Å². The minimum absolute atomic E-state index is 0.0420. The maximum atomic E-state index is 13.6. The Morgan fingerprint density at radius 1 is 0.655 bits per heavy atom. The molecule has 0 aliphatic carbocycles. The van der Waals surface area contributed by atoms with Crippen LogP contribution in [0.15, 0.2) is 145 Å². The van der Waals surface area contributed by atoms with Crippen LogP contribution in [-0.2, 0) is 14.8 Å². The number of carbonyl (C=O) groups excluding carboxylic acids is 1. The van der Waals surface area contributed by atoms with Crippen LogP contribution in [-0.4, -0.2) is 58.7 Å². The fraction of sp³-hybridized carbons (Fsp3) is 0.0250. The van der Waals surface area contributed by atoms with Crippen molar-refractivity contribution in [2.24, 2.45) is 0 Å². The largest absolute Gasteiger partial charge is 0.323 e. The highest BCUT2D eigenvalue weighted by Crippen LogP contribution is 2.28. The number of sulfonamides is 1. The van der Waals surface area contributed by atoms with Gasteiger partial charge in [-0.15, -0.1) is 10.2 Å². The molecule has 5 aromatic heterocycles. The van der Waals surface area contributed by atoms with E-state index in [-0.39, 0.29) is 22.5 Å². The number of anilines is 4. The van der Waals surface area contributed by atoms with Crippen molar-refractivity contribution in [1.82, 2.24) is 49.1 Å². The second-order valence-electron chi connectivity index (χ2n) is 12.6. The summed E-state index contributed by atoms with van der Waals surface area (Å²) in [6.07, 6.45) is 5.00. The van der Waals surface area contributed by atoms with E-state index in [1.807, 2.05) is 59.4 Å². The molecule has 0 bridgehead atoms. The first-order chi connectivity index (χ1) is 28.1. The molecule has 58 heavy (non-hydrogen) atoms. The van der Waals surface area contributed by atoms with Gasteiger partial charge in [-0.1, -0.05) is 24.3 Å². The van der Waals surface area contributed by atoms with Crippen LogP contribution in [0.3, 0.4) is 0 Å². The molecule has 4 N–H and O–H groups in total. The third-order valence-electron chi connectivity index (χ3n) is 8.52. The Morgan fingerprint density at radius 2 is 1.17 bits per heavy atom. The van der Waals surface area contributed by atoms with E-state index >= 15 is 0 Å². The van der Waals surface area contributed by atoms with Gasteiger partial charge in [0.2, 0.25) is 17.8 Å². The van der Waals surface area contributed by atoms with Crippen molar-refractivity contribution >= 4 is 50.5 Å². The zero-order valence-corrected chi connectivity index (χ0v) is 31.1. The summed E-state index contributed by atoms with van der Waals surface area (Å²) in [6, 6.07) is 33.5. The van der Waals surface area contributed by atoms with Gasteiger partial charge in [0.15, 0.2) is 17.1 Å². The number of hydrogen-bond donors (Lipinski definition) is 4. The number of halogens is 2. The predicted molar refractivity (Wildman–Crippen MR) is 213 cm³/mol. The zero-order valence-electron chi connectivity index (χ0n) is 30.2. The monoisotopic (exact) mass is 796 g/mol. The number of hydrogen-bond acceptors (Lipinski definition) is 11. The van der Waals surface area contributed by atoms with Gasteiger partial charge in [0, 0.05) is 47.4 Å². The smallest absolute Gasteiger partial charge is 0.264 e. The van der Waals surface area contributed by atoms with Crippen LogP contribution in [0.5, 0.6) is 0 Å². The quantitative estimate of drug-likeness (QED) is 0.116. The van der Waals surface area contributed by atoms with Crippen LogP contribution in [0.25, 0.3) is 44.9 Å². The van der Waals surface area contributed by atoms with Gasteiger partial charge in [-0.3, -0.25) is 9.89 Å². The molecule has 0 radical (unpaired) electrons. The van der Waals surface area contributed by atoms with Crippen molar-refractivity contribution in [3.05, 3.63) is 152 Å². The average molecular weight is 797 g/mol. The third kappa shape index (κ3) is 8.21. The molecular weight excluding hydrogens is 767 g/mol. The van der Waals surface area contributed by atoms with E-state index in [2.05, 4.69) is 46.0 Å². The van der Waals surface area contributed by atoms with Crippen molar-refractivity contribution in [3.63, 3.8) is 0 Å². The van der Waals surface area contributed by atoms with E-state index in [0.717, 1.165) is 29.3 Å². The van der Waals surface area contributed by atoms with Crippen molar-refractivity contribution in [3.8, 4) is 33.6 Å². The summed E-state index contributed by atoms with van der Waals surface area (Å²) in [5.41, 5.74) is 6.46. The van der Waals surface area contributed by atoms with Crippen LogP contribution < -0.4 is 15.4 Å². The Morgan fingerprint density at radius 3 is 1.64 bits per heavy atom. The van der Waals surface area contributed by atoms with Crippen molar-refractivity contribution < 1.29 is 22.0 Å². The molecule has 0 saturated carbocycles. The molecule has 288 valence electrons. The number of fused-ring (bicyclic) bond motifs is 2. The lowest BCUT2D eigenvalue weighted by molar-refractivity contribution is -0.117. The molecule has 9 rings (SSSR count). The molecule has 1 amide bonds. The van der Waals surface area contributed by atoms with E-state index in [0.29, 0.717) is 39.9 Å². The maximum Gasteiger partial charge on any atom is 0.264 e. The van der Waals surface area contributed by atoms with Gasteiger partial charge >= 0.3 is 0 Å². The summed E-state index contributed by atoms with van der Waals surface area (Å²) in [5, 5.41) is 21.7. The lowest BCUT2D eigenvalue weighted by atomic mass is 10.1. The number of amides is 1. The Balaban J connectivity index is 0.000000162. The van der Waals surface area contributed by atoms with E-state index in [4.69, 9.17) is 0 Å². The summed E-state index contributed by atoms with van der Waals surface area (Å²) >= 11 is 0. The van der Waals surface area contributed by atoms with E-state index < -0.39 is 15.9 Å². The number of nitrogens with zero attached hydrogens (tertiary/aromatic N) is 8. The lowest BCUT2D eigenvalue weighted by Gasteiger charge is -2.06. The molecule has 5 heterocycles. The van der Waals surface area contributed by atoms with Crippen LogP contribution in [0.2, 0.25) is 0 Å². The number of carbonyl (C=O) groups is 1. The molecule has 9 aromatic rings. The molecular formula is C40H30F2N12O3S. The zero-order chi connectivity index (χ0) is 40.2. The average Bonchev–Trinajstić information content (AvgIpc) is 3.98. The van der Waals surface area contributed by atoms with Gasteiger partial charge < -0.3 is 10.6 Å². The van der Waals surface area contributed by atoms with Crippen molar-refractivity contribution in [2.45, 2.75) is 11.8 Å². The van der Waals surface area contributed by atoms with Gasteiger partial charge in [0.05, 0.1) is 4.90 Å². The molecule has 0 fully saturated rings. The van der Waals surface area contributed by atoms with Crippen LogP contribution in [0.4, 0.5) is 32.1 Å². The highest BCUT2D eigenvalue weighted by atomic mass is 32.2. The SMILES string of the molecule is CC(=O)NS(=O)(=O)c1ccc(Nc2nc3c(-c4cccc(F)c4)cccn3n2)cc1.Fc1cccc(-c2cccn3nc(Nc4ccc(-c5ncn[nH]5)cc4)nc23)c1. The highest BCUT2D eigenvalue weighted by Gasteiger charge is 2.16. The summed E-state index contributed by atoms with van der Waals surface area (Å²) in [4.78, 5) is 24.2. The van der Waals surface area contributed by atoms with Crippen molar-refractivity contribution in [2.75, 3.05) is 10.6 Å². The van der Waals surface area contributed by atoms with Crippen LogP contribution in [0, 0.1) is 11.6 Å². The molecule has 0 aliphatic rings. The molecule has 0 spiro atoms. The maximum absolute atomic E-state index is 13.6. The number of rotatable bonds is 9. The first-order valence-corrected chi connectivity index (χ1v) is 18.9. The normalized spacial score (nSPS) is 11.2. The molecule has 0 aliphatic heterocycles. The van der Waals surface area contributed by atoms with E-state index in [9.17, 15) is 22.0 Å². The predicted octanol–water partition coefficient (Wildman–Crippen LogP) is 7.17. The van der Waals surface area contributed by atoms with E-state index in [1.54, 1.807) is 39.5 Å². The molecule has 0 atom stereocenters. The summed E-state index contributed by atoms with van der Waals surface area (Å²) in [5.74, 6) is 0.149. The standard InChI is InChI=1S/C20H14FN7.C20H16FN5O3S/c21-15-4-1-3-14(11-15)17-5-2-10-28-19(17)25-20(27-28)24-16-8-6-13(7-9-16)18-22-12-23-26-18;1-13(27)25-30(28,29)17-9-7-16(8-10-17)22-20-23-19-18(6-3-11-26(19)24-20)14-4-2-5-15(21)12-14/h1-12H,(H,24,27)(H,22,23,26);2-12H,1H3,(H,22,24)(H,25,27). The van der Waals surface area contributed by atoms with Crippen LogP contribution >= 0.6 is 0 Å². The number of aromatic nitrogens is 9. The van der Waals surface area contributed by atoms with Crippen LogP contribution in [0.1, 0.15) is 6.92 Å². The second kappa shape index (κ2) is 15.7. The minimum atomic E-state index is -3.90. The van der Waals surface area contributed by atoms with Gasteiger partial charge in [0.25, 0.3) is 10.0 Å².